The minimum atomic E-state index is -0.502. The van der Waals surface area contributed by atoms with Gasteiger partial charge in [-0.1, -0.05) is 15.9 Å². The van der Waals surface area contributed by atoms with Gasteiger partial charge in [-0.15, -0.1) is 0 Å². The van der Waals surface area contributed by atoms with Crippen molar-refractivity contribution in [1.29, 1.82) is 0 Å². The molecule has 7 heteroatoms. The van der Waals surface area contributed by atoms with E-state index in [9.17, 15) is 9.59 Å². The van der Waals surface area contributed by atoms with Crippen LogP contribution in [-0.2, 0) is 18.3 Å². The van der Waals surface area contributed by atoms with E-state index >= 15 is 0 Å². The van der Waals surface area contributed by atoms with Gasteiger partial charge in [-0.05, 0) is 36.4 Å². The molecular weight excluding hydrogens is 336 g/mol. The lowest BCUT2D eigenvalue weighted by Gasteiger charge is -2.09. The second-order valence-corrected chi connectivity index (χ2v) is 5.34. The fourth-order valence-electron chi connectivity index (χ4n) is 1.71. The number of urea groups is 1. The molecule has 110 valence electrons. The number of carbonyl (C=O) groups excluding carboxylic acids is 2. The van der Waals surface area contributed by atoms with E-state index in [2.05, 4.69) is 32.1 Å². The highest BCUT2D eigenvalue weighted by molar-refractivity contribution is 9.10. The molecule has 0 saturated carbocycles. The normalized spacial score (nSPS) is 10.0. The van der Waals surface area contributed by atoms with Crippen molar-refractivity contribution in [3.05, 3.63) is 52.8 Å². The summed E-state index contributed by atoms with van der Waals surface area (Å²) in [6, 6.07) is 10.3. The summed E-state index contributed by atoms with van der Waals surface area (Å²) in [6.07, 6.45) is 2.05. The van der Waals surface area contributed by atoms with Crippen LogP contribution in [-0.4, -0.2) is 16.5 Å². The van der Waals surface area contributed by atoms with Crippen LogP contribution in [0.3, 0.4) is 0 Å². The lowest BCUT2D eigenvalue weighted by molar-refractivity contribution is -0.121. The fraction of sp³-hybridized carbons (Fsp3) is 0.143. The Kier molecular flexibility index (Phi) is 4.99. The molecule has 1 aromatic carbocycles. The molecule has 3 amide bonds. The lowest BCUT2D eigenvalue weighted by Crippen LogP contribution is -2.44. The van der Waals surface area contributed by atoms with Crippen molar-refractivity contribution in [2.45, 2.75) is 6.42 Å². The number of nitrogens with zero attached hydrogens (tertiary/aromatic N) is 1. The second-order valence-electron chi connectivity index (χ2n) is 4.42. The minimum Gasteiger partial charge on any atom is -0.354 e. The van der Waals surface area contributed by atoms with Gasteiger partial charge in [-0.25, -0.2) is 10.2 Å². The first-order chi connectivity index (χ1) is 10.0. The molecule has 0 radical (unpaired) electrons. The molecule has 2 aromatic rings. The monoisotopic (exact) mass is 350 g/mol. The van der Waals surface area contributed by atoms with Crippen LogP contribution in [0.2, 0.25) is 0 Å². The maximum absolute atomic E-state index is 11.7. The summed E-state index contributed by atoms with van der Waals surface area (Å²) < 4.78 is 2.77. The predicted octanol–water partition coefficient (Wildman–Crippen LogP) is 2.18. The third-order valence-corrected chi connectivity index (χ3v) is 3.34. The number of hydrogen-bond acceptors (Lipinski definition) is 2. The Morgan fingerprint density at radius 3 is 2.48 bits per heavy atom. The van der Waals surface area contributed by atoms with E-state index in [4.69, 9.17) is 0 Å². The van der Waals surface area contributed by atoms with Crippen molar-refractivity contribution in [2.75, 3.05) is 5.32 Å². The van der Waals surface area contributed by atoms with Gasteiger partial charge in [0.2, 0.25) is 5.91 Å². The maximum Gasteiger partial charge on any atom is 0.337 e. The van der Waals surface area contributed by atoms with Gasteiger partial charge in [-0.3, -0.25) is 10.2 Å². The van der Waals surface area contributed by atoms with Gasteiger partial charge in [0.05, 0.1) is 6.42 Å². The van der Waals surface area contributed by atoms with E-state index in [0.717, 1.165) is 10.2 Å². The Morgan fingerprint density at radius 1 is 1.14 bits per heavy atom. The molecule has 0 aliphatic carbocycles. The maximum atomic E-state index is 11.7. The van der Waals surface area contributed by atoms with Crippen LogP contribution in [0.5, 0.6) is 0 Å². The molecule has 0 spiro atoms. The summed E-state index contributed by atoms with van der Waals surface area (Å²) in [7, 11) is 1.86. The molecule has 21 heavy (non-hydrogen) atoms. The molecule has 1 aromatic heterocycles. The molecule has 1 heterocycles. The third-order valence-electron chi connectivity index (χ3n) is 2.81. The Hall–Kier alpha value is -2.28. The SMILES string of the molecule is Cn1cccc1CC(=O)NNC(=O)Nc1ccc(Br)cc1. The highest BCUT2D eigenvalue weighted by Gasteiger charge is 2.07. The van der Waals surface area contributed by atoms with Gasteiger partial charge in [0.1, 0.15) is 0 Å². The number of aryl methyl sites for hydroxylation is 1. The van der Waals surface area contributed by atoms with Crippen LogP contribution < -0.4 is 16.2 Å². The molecule has 2 rings (SSSR count). The molecule has 3 N–H and O–H groups in total. The number of rotatable bonds is 3. The molecule has 0 fully saturated rings. The summed E-state index contributed by atoms with van der Waals surface area (Å²) in [5, 5.41) is 2.60. The Labute approximate surface area is 130 Å². The number of carbonyl (C=O) groups is 2. The predicted molar refractivity (Wildman–Crippen MR) is 83.6 cm³/mol. The summed E-state index contributed by atoms with van der Waals surface area (Å²) in [5.74, 6) is -0.289. The van der Waals surface area contributed by atoms with Gasteiger partial charge in [0.15, 0.2) is 0 Å². The Bertz CT molecular complexity index is 637. The first-order valence-corrected chi connectivity index (χ1v) is 7.05. The third kappa shape index (κ3) is 4.64. The van der Waals surface area contributed by atoms with Crippen molar-refractivity contribution < 1.29 is 9.59 Å². The average molecular weight is 351 g/mol. The minimum absolute atomic E-state index is 0.196. The van der Waals surface area contributed by atoms with E-state index in [0.29, 0.717) is 5.69 Å². The first kappa shape index (κ1) is 15.1. The average Bonchev–Trinajstić information content (AvgIpc) is 2.85. The van der Waals surface area contributed by atoms with Gasteiger partial charge in [0, 0.05) is 29.1 Å². The zero-order chi connectivity index (χ0) is 15.2. The van der Waals surface area contributed by atoms with Crippen molar-refractivity contribution in [1.82, 2.24) is 15.4 Å². The number of halogens is 1. The summed E-state index contributed by atoms with van der Waals surface area (Å²) in [5.41, 5.74) is 6.16. The van der Waals surface area contributed by atoms with Crippen molar-refractivity contribution in [3.8, 4) is 0 Å². The Morgan fingerprint density at radius 2 is 1.86 bits per heavy atom. The molecule has 0 atom stereocenters. The van der Waals surface area contributed by atoms with E-state index in [-0.39, 0.29) is 12.3 Å². The van der Waals surface area contributed by atoms with Gasteiger partial charge in [-0.2, -0.15) is 0 Å². The fourth-order valence-corrected chi connectivity index (χ4v) is 1.98. The summed E-state index contributed by atoms with van der Waals surface area (Å²) >= 11 is 3.31. The molecular formula is C14H15BrN4O2. The quantitative estimate of drug-likeness (QED) is 0.742. The van der Waals surface area contributed by atoms with E-state index in [1.54, 1.807) is 12.1 Å². The highest BCUT2D eigenvalue weighted by Crippen LogP contribution is 2.13. The van der Waals surface area contributed by atoms with Crippen molar-refractivity contribution in [2.24, 2.45) is 7.05 Å². The lowest BCUT2D eigenvalue weighted by atomic mass is 10.3. The standard InChI is InChI=1S/C14H15BrN4O2/c1-19-8-2-3-12(19)9-13(20)17-18-14(21)16-11-6-4-10(15)5-7-11/h2-8H,9H2,1H3,(H,17,20)(H2,16,18,21). The van der Waals surface area contributed by atoms with Crippen molar-refractivity contribution in [3.63, 3.8) is 0 Å². The molecule has 0 saturated heterocycles. The highest BCUT2D eigenvalue weighted by atomic mass is 79.9. The first-order valence-electron chi connectivity index (χ1n) is 6.26. The number of benzene rings is 1. The van der Waals surface area contributed by atoms with E-state index in [1.165, 1.54) is 0 Å². The molecule has 0 aliphatic heterocycles. The smallest absolute Gasteiger partial charge is 0.337 e. The van der Waals surface area contributed by atoms with Crippen LogP contribution in [0.1, 0.15) is 5.69 Å². The van der Waals surface area contributed by atoms with Crippen LogP contribution in [0.25, 0.3) is 0 Å². The van der Waals surface area contributed by atoms with Gasteiger partial charge < -0.3 is 9.88 Å². The van der Waals surface area contributed by atoms with Crippen LogP contribution in [0, 0.1) is 0 Å². The van der Waals surface area contributed by atoms with Crippen LogP contribution >= 0.6 is 15.9 Å². The number of aromatic nitrogens is 1. The van der Waals surface area contributed by atoms with Crippen molar-refractivity contribution >= 4 is 33.6 Å². The second kappa shape index (κ2) is 6.94. The molecule has 0 bridgehead atoms. The Balaban J connectivity index is 1.77. The number of amides is 3. The molecule has 0 unspecified atom stereocenters. The summed E-state index contributed by atoms with van der Waals surface area (Å²) in [6.45, 7) is 0. The molecule has 6 nitrogen and oxygen atoms in total. The number of hydrazine groups is 1. The number of nitrogens with one attached hydrogen (secondary N) is 3. The van der Waals surface area contributed by atoms with Crippen LogP contribution in [0.4, 0.5) is 10.5 Å². The van der Waals surface area contributed by atoms with E-state index in [1.807, 2.05) is 42.1 Å². The molecule has 0 aliphatic rings. The van der Waals surface area contributed by atoms with Crippen LogP contribution in [0.15, 0.2) is 47.1 Å². The topological polar surface area (TPSA) is 75.2 Å². The zero-order valence-corrected chi connectivity index (χ0v) is 13.0. The van der Waals surface area contributed by atoms with Gasteiger partial charge >= 0.3 is 6.03 Å². The largest absolute Gasteiger partial charge is 0.354 e. The van der Waals surface area contributed by atoms with E-state index < -0.39 is 6.03 Å². The van der Waals surface area contributed by atoms with Gasteiger partial charge in [0.25, 0.3) is 0 Å². The number of anilines is 1. The summed E-state index contributed by atoms with van der Waals surface area (Å²) in [4.78, 5) is 23.3. The number of hydrogen-bond donors (Lipinski definition) is 3. The zero-order valence-electron chi connectivity index (χ0n) is 11.4.